The van der Waals surface area contributed by atoms with Crippen LogP contribution >= 0.6 is 0 Å². The van der Waals surface area contributed by atoms with Gasteiger partial charge in [0.1, 0.15) is 7.05 Å². The van der Waals surface area contributed by atoms with E-state index in [4.69, 9.17) is 0 Å². The van der Waals surface area contributed by atoms with Gasteiger partial charge in [-0.25, -0.2) is 4.57 Å². The molecule has 1 nitrogen and oxygen atoms in total. The Bertz CT molecular complexity index is 773. The quantitative estimate of drug-likeness (QED) is 0.619. The summed E-state index contributed by atoms with van der Waals surface area (Å²) in [5, 5.41) is 0. The molecule has 0 aliphatic heterocycles. The number of hydrogen-bond acceptors (Lipinski definition) is 0. The molecule has 1 aromatic heterocycles. The summed E-state index contributed by atoms with van der Waals surface area (Å²) in [4.78, 5) is 0. The Balaban J connectivity index is 2.17. The standard InChI is InChI=1S/C20H18N/c1-3-16-9-7-8-12-19(16)20-15-18(13-14-21(20)2)17-10-5-4-6-11-17/h3-15H,1H2,2H3/q+1. The molecule has 0 bridgehead atoms. The minimum absolute atomic E-state index is 1.15. The molecule has 0 unspecified atom stereocenters. The summed E-state index contributed by atoms with van der Waals surface area (Å²) in [5.41, 5.74) is 6.00. The Morgan fingerprint density at radius 2 is 1.57 bits per heavy atom. The van der Waals surface area contributed by atoms with Gasteiger partial charge in [0.2, 0.25) is 5.69 Å². The van der Waals surface area contributed by atoms with Crippen molar-refractivity contribution >= 4 is 6.08 Å². The van der Waals surface area contributed by atoms with Crippen LogP contribution in [0.2, 0.25) is 0 Å². The van der Waals surface area contributed by atoms with Gasteiger partial charge in [0.25, 0.3) is 0 Å². The van der Waals surface area contributed by atoms with Gasteiger partial charge < -0.3 is 0 Å². The van der Waals surface area contributed by atoms with E-state index in [1.807, 2.05) is 18.2 Å². The molecule has 1 heteroatoms. The number of aryl methyl sites for hydroxylation is 1. The van der Waals surface area contributed by atoms with Gasteiger partial charge in [-0.2, -0.15) is 0 Å². The van der Waals surface area contributed by atoms with E-state index >= 15 is 0 Å². The first-order valence-electron chi connectivity index (χ1n) is 7.06. The Hall–Kier alpha value is -2.67. The molecule has 1 heterocycles. The van der Waals surface area contributed by atoms with Gasteiger partial charge >= 0.3 is 0 Å². The zero-order chi connectivity index (χ0) is 14.7. The van der Waals surface area contributed by atoms with Gasteiger partial charge in [0.15, 0.2) is 6.20 Å². The molecule has 0 atom stereocenters. The van der Waals surface area contributed by atoms with Crippen molar-refractivity contribution in [2.75, 3.05) is 0 Å². The molecule has 3 aromatic rings. The van der Waals surface area contributed by atoms with E-state index in [2.05, 4.69) is 79.0 Å². The lowest BCUT2D eigenvalue weighted by molar-refractivity contribution is -0.660. The topological polar surface area (TPSA) is 3.88 Å². The lowest BCUT2D eigenvalue weighted by Crippen LogP contribution is -2.30. The average Bonchev–Trinajstić information content (AvgIpc) is 2.56. The number of pyridine rings is 1. The van der Waals surface area contributed by atoms with Crippen LogP contribution in [0.3, 0.4) is 0 Å². The Morgan fingerprint density at radius 1 is 0.857 bits per heavy atom. The maximum atomic E-state index is 3.92. The van der Waals surface area contributed by atoms with Gasteiger partial charge in [0.05, 0.1) is 5.56 Å². The van der Waals surface area contributed by atoms with E-state index in [1.54, 1.807) is 0 Å². The number of benzene rings is 2. The maximum Gasteiger partial charge on any atom is 0.213 e. The molecule has 0 aliphatic carbocycles. The van der Waals surface area contributed by atoms with E-state index in [9.17, 15) is 0 Å². The highest BCUT2D eigenvalue weighted by molar-refractivity contribution is 5.74. The SMILES string of the molecule is C=Cc1ccccc1-c1cc(-c2ccccc2)cc[n+]1C. The molecule has 0 N–H and O–H groups in total. The van der Waals surface area contributed by atoms with Gasteiger partial charge in [0, 0.05) is 12.1 Å². The minimum Gasteiger partial charge on any atom is -0.201 e. The van der Waals surface area contributed by atoms with E-state index < -0.39 is 0 Å². The second-order valence-corrected chi connectivity index (χ2v) is 5.07. The molecule has 0 spiro atoms. The second kappa shape index (κ2) is 5.76. The van der Waals surface area contributed by atoms with Crippen molar-refractivity contribution in [3.05, 3.63) is 85.1 Å². The maximum absolute atomic E-state index is 3.92. The largest absolute Gasteiger partial charge is 0.213 e. The monoisotopic (exact) mass is 272 g/mol. The fourth-order valence-corrected chi connectivity index (χ4v) is 2.56. The number of nitrogens with zero attached hydrogens (tertiary/aromatic N) is 1. The predicted octanol–water partition coefficient (Wildman–Crippen LogP) is 4.49. The average molecular weight is 272 g/mol. The van der Waals surface area contributed by atoms with Crippen LogP contribution in [0.1, 0.15) is 5.56 Å². The molecule has 0 radical (unpaired) electrons. The van der Waals surface area contributed by atoms with E-state index in [0.29, 0.717) is 0 Å². The van der Waals surface area contributed by atoms with Gasteiger partial charge in [-0.1, -0.05) is 61.2 Å². The van der Waals surface area contributed by atoms with Crippen LogP contribution in [0.25, 0.3) is 28.5 Å². The third kappa shape index (κ3) is 2.63. The first-order valence-corrected chi connectivity index (χ1v) is 7.06. The first-order chi connectivity index (χ1) is 10.3. The van der Waals surface area contributed by atoms with Crippen molar-refractivity contribution in [3.8, 4) is 22.4 Å². The van der Waals surface area contributed by atoms with Crippen molar-refractivity contribution in [2.24, 2.45) is 7.05 Å². The van der Waals surface area contributed by atoms with E-state index in [-0.39, 0.29) is 0 Å². The highest BCUT2D eigenvalue weighted by Crippen LogP contribution is 2.26. The lowest BCUT2D eigenvalue weighted by atomic mass is 10.00. The van der Waals surface area contributed by atoms with Gasteiger partial charge in [-0.3, -0.25) is 0 Å². The summed E-state index contributed by atoms with van der Waals surface area (Å²) in [6.45, 7) is 3.92. The summed E-state index contributed by atoms with van der Waals surface area (Å²) in [6.07, 6.45) is 4.02. The second-order valence-electron chi connectivity index (χ2n) is 5.07. The fourth-order valence-electron chi connectivity index (χ4n) is 2.56. The zero-order valence-electron chi connectivity index (χ0n) is 12.2. The predicted molar refractivity (Wildman–Crippen MR) is 88.6 cm³/mol. The van der Waals surface area contributed by atoms with E-state index in [1.165, 1.54) is 22.4 Å². The molecule has 2 aromatic carbocycles. The Kier molecular flexibility index (Phi) is 3.65. The molecule has 0 saturated heterocycles. The number of hydrogen-bond donors (Lipinski definition) is 0. The minimum atomic E-state index is 1.15. The van der Waals surface area contributed by atoms with Crippen LogP contribution in [0.15, 0.2) is 79.5 Å². The number of aromatic nitrogens is 1. The van der Waals surface area contributed by atoms with Crippen LogP contribution in [0.4, 0.5) is 0 Å². The lowest BCUT2D eigenvalue weighted by Gasteiger charge is -2.07. The van der Waals surface area contributed by atoms with Crippen molar-refractivity contribution in [2.45, 2.75) is 0 Å². The molecule has 21 heavy (non-hydrogen) atoms. The third-order valence-electron chi connectivity index (χ3n) is 3.71. The summed E-state index contributed by atoms with van der Waals surface area (Å²) in [5.74, 6) is 0. The smallest absolute Gasteiger partial charge is 0.201 e. The molecule has 3 rings (SSSR count). The zero-order valence-corrected chi connectivity index (χ0v) is 12.2. The Morgan fingerprint density at radius 3 is 2.33 bits per heavy atom. The normalized spacial score (nSPS) is 10.3. The first kappa shape index (κ1) is 13.3. The summed E-state index contributed by atoms with van der Waals surface area (Å²) in [7, 11) is 2.07. The third-order valence-corrected chi connectivity index (χ3v) is 3.71. The van der Waals surface area contributed by atoms with E-state index in [0.717, 1.165) is 5.56 Å². The highest BCUT2D eigenvalue weighted by atomic mass is 14.9. The van der Waals surface area contributed by atoms with Crippen LogP contribution in [-0.4, -0.2) is 0 Å². The highest BCUT2D eigenvalue weighted by Gasteiger charge is 2.13. The molecule has 0 fully saturated rings. The van der Waals surface area contributed by atoms with Crippen molar-refractivity contribution in [1.29, 1.82) is 0 Å². The fraction of sp³-hybridized carbons (Fsp3) is 0.0500. The van der Waals surface area contributed by atoms with Crippen LogP contribution in [0, 0.1) is 0 Å². The van der Waals surface area contributed by atoms with Crippen LogP contribution in [0.5, 0.6) is 0 Å². The summed E-state index contributed by atoms with van der Waals surface area (Å²) in [6, 6.07) is 23.2. The molecule has 0 saturated carbocycles. The molecule has 102 valence electrons. The molecule has 0 amide bonds. The van der Waals surface area contributed by atoms with Gasteiger partial charge in [-0.15, -0.1) is 0 Å². The van der Waals surface area contributed by atoms with Crippen molar-refractivity contribution in [1.82, 2.24) is 0 Å². The van der Waals surface area contributed by atoms with Crippen LogP contribution in [-0.2, 0) is 7.05 Å². The number of rotatable bonds is 3. The summed E-state index contributed by atoms with van der Waals surface area (Å²) < 4.78 is 2.15. The summed E-state index contributed by atoms with van der Waals surface area (Å²) >= 11 is 0. The van der Waals surface area contributed by atoms with Crippen molar-refractivity contribution in [3.63, 3.8) is 0 Å². The van der Waals surface area contributed by atoms with Gasteiger partial charge in [-0.05, 0) is 22.8 Å². The van der Waals surface area contributed by atoms with Crippen molar-refractivity contribution < 1.29 is 4.57 Å². The van der Waals surface area contributed by atoms with Crippen LogP contribution < -0.4 is 4.57 Å². The molecule has 0 aliphatic rings. The molecular weight excluding hydrogens is 254 g/mol. The molecular formula is C20H18N+. The Labute approximate surface area is 125 Å².